The molecule has 3 rings (SSSR count). The van der Waals surface area contributed by atoms with E-state index in [1.54, 1.807) is 19.2 Å². The number of hydrogen-bond acceptors (Lipinski definition) is 7. The molecule has 0 saturated carbocycles. The van der Waals surface area contributed by atoms with Crippen molar-refractivity contribution >= 4 is 21.9 Å². The fourth-order valence-corrected chi connectivity index (χ4v) is 5.14. The van der Waals surface area contributed by atoms with Crippen molar-refractivity contribution in [2.45, 2.75) is 24.2 Å². The highest BCUT2D eigenvalue weighted by molar-refractivity contribution is 7.89. The number of carbonyl (C=O) groups excluding carboxylic acids is 2. The van der Waals surface area contributed by atoms with Crippen LogP contribution in [0.5, 0.6) is 11.5 Å². The second-order valence-corrected chi connectivity index (χ2v) is 9.85. The van der Waals surface area contributed by atoms with Crippen LogP contribution in [-0.2, 0) is 30.8 Å². The van der Waals surface area contributed by atoms with Gasteiger partial charge in [-0.2, -0.15) is 4.31 Å². The molecule has 0 aromatic heterocycles. The highest BCUT2D eigenvalue weighted by atomic mass is 32.2. The normalized spacial score (nSPS) is 14.9. The Morgan fingerprint density at radius 2 is 1.50 bits per heavy atom. The Labute approximate surface area is 200 Å². The molecule has 1 N–H and O–H groups in total. The van der Waals surface area contributed by atoms with Gasteiger partial charge in [0.15, 0.2) is 6.61 Å². The lowest BCUT2D eigenvalue weighted by Crippen LogP contribution is -2.41. The molecule has 9 nitrogen and oxygen atoms in total. The minimum atomic E-state index is -3.64. The predicted molar refractivity (Wildman–Crippen MR) is 125 cm³/mol. The Morgan fingerprint density at radius 1 is 0.941 bits per heavy atom. The zero-order valence-corrected chi connectivity index (χ0v) is 20.2. The van der Waals surface area contributed by atoms with E-state index in [4.69, 9.17) is 14.2 Å². The van der Waals surface area contributed by atoms with Crippen LogP contribution in [-0.4, -0.2) is 65.1 Å². The van der Waals surface area contributed by atoms with E-state index >= 15 is 0 Å². The minimum Gasteiger partial charge on any atom is -0.497 e. The number of nitrogens with zero attached hydrogens (tertiary/aromatic N) is 1. The summed E-state index contributed by atoms with van der Waals surface area (Å²) in [6.07, 6.45) is 1.32. The first kappa shape index (κ1) is 25.5. The zero-order chi connectivity index (χ0) is 24.6. The van der Waals surface area contributed by atoms with Crippen LogP contribution in [0.15, 0.2) is 53.4 Å². The molecule has 1 saturated heterocycles. The Kier molecular flexibility index (Phi) is 8.89. The summed E-state index contributed by atoms with van der Waals surface area (Å²) in [7, 11) is -0.530. The summed E-state index contributed by atoms with van der Waals surface area (Å²) < 4.78 is 42.3. The molecule has 184 valence electrons. The average molecular weight is 491 g/mol. The van der Waals surface area contributed by atoms with Gasteiger partial charge in [-0.3, -0.25) is 9.59 Å². The smallest absolute Gasteiger partial charge is 0.309 e. The second-order valence-electron chi connectivity index (χ2n) is 7.91. The van der Waals surface area contributed by atoms with Gasteiger partial charge in [0, 0.05) is 19.6 Å². The first-order chi connectivity index (χ1) is 16.3. The standard InChI is InChI=1S/C24H30N2O7S/c1-31-20-5-3-18(4-6-20)11-14-25-23(27)17-33-24(28)19-12-15-26(16-13-19)34(29,30)22-9-7-21(32-2)8-10-22/h3-10,19H,11-17H2,1-2H3,(H,25,27). The average Bonchev–Trinajstić information content (AvgIpc) is 2.87. The third-order valence-electron chi connectivity index (χ3n) is 5.72. The fourth-order valence-electron chi connectivity index (χ4n) is 3.67. The molecule has 2 aromatic rings. The molecule has 0 radical (unpaired) electrons. The number of amides is 1. The van der Waals surface area contributed by atoms with E-state index in [0.717, 1.165) is 11.3 Å². The summed E-state index contributed by atoms with van der Waals surface area (Å²) in [6.45, 7) is 0.487. The summed E-state index contributed by atoms with van der Waals surface area (Å²) in [5.74, 6) is 0.0524. The molecule has 0 unspecified atom stereocenters. The van der Waals surface area contributed by atoms with Crippen molar-refractivity contribution in [2.75, 3.05) is 40.5 Å². The number of hydrogen-bond donors (Lipinski definition) is 1. The van der Waals surface area contributed by atoms with E-state index in [0.29, 0.717) is 31.6 Å². The van der Waals surface area contributed by atoms with Crippen LogP contribution in [0, 0.1) is 5.92 Å². The molecule has 1 amide bonds. The van der Waals surface area contributed by atoms with Crippen molar-refractivity contribution in [2.24, 2.45) is 5.92 Å². The lowest BCUT2D eigenvalue weighted by molar-refractivity contribution is -0.153. The number of carbonyl (C=O) groups is 2. The summed E-state index contributed by atoms with van der Waals surface area (Å²) >= 11 is 0. The number of nitrogens with one attached hydrogen (secondary N) is 1. The third-order valence-corrected chi connectivity index (χ3v) is 7.64. The van der Waals surface area contributed by atoms with Crippen LogP contribution in [0.25, 0.3) is 0 Å². The Hall–Kier alpha value is -3.11. The molecule has 0 spiro atoms. The van der Waals surface area contributed by atoms with Gasteiger partial charge in [-0.15, -0.1) is 0 Å². The van der Waals surface area contributed by atoms with Crippen LogP contribution in [0.3, 0.4) is 0 Å². The lowest BCUT2D eigenvalue weighted by Gasteiger charge is -2.30. The molecule has 0 bridgehead atoms. The van der Waals surface area contributed by atoms with Crippen molar-refractivity contribution in [1.82, 2.24) is 9.62 Å². The third kappa shape index (κ3) is 6.71. The van der Waals surface area contributed by atoms with E-state index in [1.165, 1.54) is 23.5 Å². The molecule has 1 aliphatic rings. The quantitative estimate of drug-likeness (QED) is 0.507. The van der Waals surface area contributed by atoms with E-state index < -0.39 is 21.9 Å². The summed E-state index contributed by atoms with van der Waals surface area (Å²) in [5.41, 5.74) is 1.05. The largest absolute Gasteiger partial charge is 0.497 e. The maximum absolute atomic E-state index is 12.8. The summed E-state index contributed by atoms with van der Waals surface area (Å²) in [6, 6.07) is 13.7. The Balaban J connectivity index is 1.38. The van der Waals surface area contributed by atoms with Crippen molar-refractivity contribution in [3.8, 4) is 11.5 Å². The first-order valence-corrected chi connectivity index (χ1v) is 12.5. The van der Waals surface area contributed by atoms with Gasteiger partial charge in [-0.25, -0.2) is 8.42 Å². The van der Waals surface area contributed by atoms with E-state index in [-0.39, 0.29) is 30.5 Å². The second kappa shape index (κ2) is 11.8. The van der Waals surface area contributed by atoms with Crippen molar-refractivity contribution in [3.05, 3.63) is 54.1 Å². The molecule has 2 aromatic carbocycles. The van der Waals surface area contributed by atoms with Gasteiger partial charge < -0.3 is 19.5 Å². The molecular weight excluding hydrogens is 460 g/mol. The van der Waals surface area contributed by atoms with Gasteiger partial charge in [0.25, 0.3) is 5.91 Å². The van der Waals surface area contributed by atoms with Crippen LogP contribution in [0.4, 0.5) is 0 Å². The summed E-state index contributed by atoms with van der Waals surface area (Å²) in [4.78, 5) is 24.5. The lowest BCUT2D eigenvalue weighted by atomic mass is 9.98. The van der Waals surface area contributed by atoms with Crippen LogP contribution < -0.4 is 14.8 Å². The number of methoxy groups -OCH3 is 2. The highest BCUT2D eigenvalue weighted by Crippen LogP contribution is 2.25. The highest BCUT2D eigenvalue weighted by Gasteiger charge is 2.33. The maximum Gasteiger partial charge on any atom is 0.309 e. The van der Waals surface area contributed by atoms with Crippen LogP contribution >= 0.6 is 0 Å². The number of esters is 1. The monoisotopic (exact) mass is 490 g/mol. The van der Waals surface area contributed by atoms with Gasteiger partial charge in [0.2, 0.25) is 10.0 Å². The van der Waals surface area contributed by atoms with Gasteiger partial charge >= 0.3 is 5.97 Å². The molecule has 34 heavy (non-hydrogen) atoms. The molecule has 0 atom stereocenters. The van der Waals surface area contributed by atoms with Crippen molar-refractivity contribution in [3.63, 3.8) is 0 Å². The fraction of sp³-hybridized carbons (Fsp3) is 0.417. The molecule has 1 aliphatic heterocycles. The van der Waals surface area contributed by atoms with E-state index in [2.05, 4.69) is 5.32 Å². The Bertz CT molecular complexity index is 1060. The SMILES string of the molecule is COc1ccc(CCNC(=O)COC(=O)C2CCN(S(=O)(=O)c3ccc(OC)cc3)CC2)cc1. The summed E-state index contributed by atoms with van der Waals surface area (Å²) in [5, 5.41) is 2.73. The molecule has 10 heteroatoms. The van der Waals surface area contributed by atoms with Gasteiger partial charge in [-0.05, 0) is 61.2 Å². The van der Waals surface area contributed by atoms with Gasteiger partial charge in [0.05, 0.1) is 25.0 Å². The molecule has 1 heterocycles. The van der Waals surface area contributed by atoms with Crippen molar-refractivity contribution in [1.29, 1.82) is 0 Å². The Morgan fingerprint density at radius 3 is 2.06 bits per heavy atom. The maximum atomic E-state index is 12.8. The van der Waals surface area contributed by atoms with Crippen molar-refractivity contribution < 1.29 is 32.2 Å². The van der Waals surface area contributed by atoms with Gasteiger partial charge in [-0.1, -0.05) is 12.1 Å². The number of sulfonamides is 1. The number of benzene rings is 2. The zero-order valence-electron chi connectivity index (χ0n) is 19.4. The number of rotatable bonds is 10. The van der Waals surface area contributed by atoms with Crippen LogP contribution in [0.2, 0.25) is 0 Å². The molecular formula is C24H30N2O7S. The van der Waals surface area contributed by atoms with E-state index in [1.807, 2.05) is 24.3 Å². The first-order valence-electron chi connectivity index (χ1n) is 11.0. The van der Waals surface area contributed by atoms with Gasteiger partial charge in [0.1, 0.15) is 11.5 Å². The number of piperidine rings is 1. The molecule has 1 fully saturated rings. The molecule has 0 aliphatic carbocycles. The topological polar surface area (TPSA) is 111 Å². The van der Waals surface area contributed by atoms with E-state index in [9.17, 15) is 18.0 Å². The minimum absolute atomic E-state index is 0.181. The van der Waals surface area contributed by atoms with Crippen LogP contribution in [0.1, 0.15) is 18.4 Å². The predicted octanol–water partition coefficient (Wildman–Crippen LogP) is 2.01. The number of ether oxygens (including phenoxy) is 3.